The lowest BCUT2D eigenvalue weighted by atomic mass is 10.0. The Bertz CT molecular complexity index is 2190. The minimum atomic E-state index is -4.18. The molecular formula is C40H56N8O8S2. The molecule has 316 valence electrons. The first-order chi connectivity index (χ1) is 27.4. The van der Waals surface area contributed by atoms with Crippen LogP contribution in [-0.4, -0.2) is 106 Å². The highest BCUT2D eigenvalue weighted by atomic mass is 32.2. The largest absolute Gasteiger partial charge is 0.459 e. The number of allylic oxidation sites excluding steroid dienone is 1. The van der Waals surface area contributed by atoms with E-state index in [4.69, 9.17) is 19.4 Å². The number of hydrogen-bond acceptors (Lipinski definition) is 11. The number of hydrogen-bond donors (Lipinski definition) is 3. The predicted octanol–water partition coefficient (Wildman–Crippen LogP) is 4.61. The van der Waals surface area contributed by atoms with Crippen LogP contribution in [0.5, 0.6) is 6.01 Å². The van der Waals surface area contributed by atoms with E-state index in [1.165, 1.54) is 19.0 Å². The number of amides is 4. The Morgan fingerprint density at radius 3 is 2.55 bits per heavy atom. The van der Waals surface area contributed by atoms with Gasteiger partial charge in [0.25, 0.3) is 11.9 Å². The monoisotopic (exact) mass is 840 g/mol. The number of benzene rings is 1. The van der Waals surface area contributed by atoms with Gasteiger partial charge >= 0.3 is 16.3 Å². The smallest absolute Gasteiger partial charge is 0.408 e. The average molecular weight is 841 g/mol. The van der Waals surface area contributed by atoms with E-state index in [0.29, 0.717) is 37.3 Å². The number of nitrogens with one attached hydrogen (secondary N) is 3. The highest BCUT2D eigenvalue weighted by Gasteiger charge is 2.62. The van der Waals surface area contributed by atoms with Crippen LogP contribution in [0.25, 0.3) is 21.6 Å². The van der Waals surface area contributed by atoms with Crippen molar-refractivity contribution in [3.8, 4) is 16.6 Å². The van der Waals surface area contributed by atoms with Gasteiger partial charge in [-0.1, -0.05) is 38.0 Å². The third kappa shape index (κ3) is 9.18. The van der Waals surface area contributed by atoms with Crippen molar-refractivity contribution in [2.24, 2.45) is 5.92 Å². The Labute approximate surface area is 344 Å². The number of para-hydroxylation sites is 1. The van der Waals surface area contributed by atoms with E-state index in [9.17, 15) is 27.6 Å². The molecule has 16 nitrogen and oxygen atoms in total. The molecule has 0 unspecified atom stereocenters. The molecule has 1 saturated carbocycles. The number of rotatable bonds is 9. The molecule has 1 saturated heterocycles. The van der Waals surface area contributed by atoms with Gasteiger partial charge in [0.15, 0.2) is 0 Å². The van der Waals surface area contributed by atoms with Gasteiger partial charge in [0.05, 0.1) is 17.8 Å². The second kappa shape index (κ2) is 17.0. The molecule has 6 rings (SSSR count). The number of imidazole rings is 1. The summed E-state index contributed by atoms with van der Waals surface area (Å²) in [5.74, 6) is -2.47. The molecule has 4 amide bonds. The van der Waals surface area contributed by atoms with E-state index in [0.717, 1.165) is 50.2 Å². The number of aromatic nitrogens is 3. The molecule has 3 aliphatic rings. The summed E-state index contributed by atoms with van der Waals surface area (Å²) in [7, 11) is -1.58. The summed E-state index contributed by atoms with van der Waals surface area (Å²) < 4.78 is 42.6. The van der Waals surface area contributed by atoms with Crippen molar-refractivity contribution in [3.63, 3.8) is 0 Å². The summed E-state index contributed by atoms with van der Waals surface area (Å²) in [5.41, 5.74) is 1.10. The Kier molecular flexibility index (Phi) is 12.6. The van der Waals surface area contributed by atoms with Gasteiger partial charge in [-0.15, -0.1) is 11.3 Å². The first kappa shape index (κ1) is 43.0. The number of thiazole rings is 1. The van der Waals surface area contributed by atoms with E-state index >= 15 is 0 Å². The fourth-order valence-corrected chi connectivity index (χ4v) is 9.26. The van der Waals surface area contributed by atoms with Crippen LogP contribution in [0.3, 0.4) is 0 Å². The lowest BCUT2D eigenvalue weighted by Gasteiger charge is -2.30. The molecule has 0 bridgehead atoms. The zero-order valence-corrected chi connectivity index (χ0v) is 36.2. The van der Waals surface area contributed by atoms with E-state index < -0.39 is 69.3 Å². The molecule has 5 atom stereocenters. The van der Waals surface area contributed by atoms with E-state index in [2.05, 4.69) is 29.2 Å². The second-order valence-corrected chi connectivity index (χ2v) is 19.5. The minimum absolute atomic E-state index is 0.0216. The van der Waals surface area contributed by atoms with Crippen LogP contribution in [0.15, 0.2) is 30.4 Å². The Hall–Kier alpha value is -4.55. The Morgan fingerprint density at radius 1 is 1.12 bits per heavy atom. The number of fused-ring (bicyclic) bond motifs is 3. The number of ether oxygens (including phenoxy) is 2. The maximum atomic E-state index is 14.6. The van der Waals surface area contributed by atoms with E-state index in [-0.39, 0.29) is 19.4 Å². The summed E-state index contributed by atoms with van der Waals surface area (Å²) in [6, 6.07) is 4.08. The van der Waals surface area contributed by atoms with Crippen LogP contribution in [0, 0.1) is 12.8 Å². The molecule has 3 aromatic rings. The number of alkyl carbamates (subject to hydrolysis) is 1. The average Bonchev–Trinajstić information content (AvgIpc) is 3.41. The van der Waals surface area contributed by atoms with Crippen molar-refractivity contribution < 1.29 is 37.1 Å². The molecule has 4 heterocycles. The first-order valence-corrected chi connectivity index (χ1v) is 22.3. The van der Waals surface area contributed by atoms with Crippen molar-refractivity contribution >= 4 is 56.4 Å². The van der Waals surface area contributed by atoms with Crippen LogP contribution in [0.4, 0.5) is 4.79 Å². The molecule has 0 radical (unpaired) electrons. The number of carbonyl (C=O) groups is 4. The Morgan fingerprint density at radius 2 is 1.88 bits per heavy atom. The fourth-order valence-electron chi connectivity index (χ4n) is 7.63. The molecule has 1 aromatic carbocycles. The normalized spacial score (nSPS) is 24.9. The summed E-state index contributed by atoms with van der Waals surface area (Å²) in [5, 5.41) is 6.49. The molecular weight excluding hydrogens is 785 g/mol. The molecule has 2 fully saturated rings. The van der Waals surface area contributed by atoms with Crippen LogP contribution in [0.2, 0.25) is 0 Å². The topological polar surface area (TPSA) is 194 Å². The molecule has 0 spiro atoms. The van der Waals surface area contributed by atoms with Gasteiger partial charge < -0.3 is 25.0 Å². The zero-order chi connectivity index (χ0) is 42.2. The standard InChI is InChI=1S/C40H56N8O8S2/c1-9-28-24(3)57-34(41-28)27-18-16-20-30-32(27)43-37(47(30)10-2)55-26-21-31-33(49)44-40(36(51)45-58(53,54)46(7)8)22-25(40)17-14-12-11-13-15-19-29(35(50)48(31)23-26)42-38(52)56-39(4,5)6/h14,16-18,20,25-26,29,31H,9-13,15,19,21-23H2,1-8H3,(H,42,52)(H,44,49)(H,45,51)/b17-14-/t25-,26-,29+,31+,40-/m1/s1. The molecule has 2 aliphatic heterocycles. The van der Waals surface area contributed by atoms with Crippen LogP contribution in [0.1, 0.15) is 90.1 Å². The van der Waals surface area contributed by atoms with Crippen molar-refractivity contribution in [1.29, 1.82) is 0 Å². The summed E-state index contributed by atoms with van der Waals surface area (Å²) in [6.45, 7) is 11.8. The first-order valence-electron chi connectivity index (χ1n) is 20.0. The number of aryl methyl sites for hydroxylation is 3. The molecule has 3 N–H and O–H groups in total. The van der Waals surface area contributed by atoms with Gasteiger partial charge in [0.2, 0.25) is 11.8 Å². The summed E-state index contributed by atoms with van der Waals surface area (Å²) in [4.78, 5) is 68.3. The van der Waals surface area contributed by atoms with Crippen LogP contribution in [-0.2, 0) is 42.3 Å². The van der Waals surface area contributed by atoms with Crippen molar-refractivity contribution in [1.82, 2.24) is 39.1 Å². The highest BCUT2D eigenvalue weighted by Crippen LogP contribution is 2.46. The second-order valence-electron chi connectivity index (χ2n) is 16.4. The van der Waals surface area contributed by atoms with Gasteiger partial charge in [-0.2, -0.15) is 17.7 Å². The maximum absolute atomic E-state index is 14.6. The quantitative estimate of drug-likeness (QED) is 0.256. The molecule has 2 aromatic heterocycles. The third-order valence-corrected chi connectivity index (χ3v) is 13.3. The highest BCUT2D eigenvalue weighted by molar-refractivity contribution is 7.87. The number of carbonyl (C=O) groups excluding carboxylic acids is 4. The lowest BCUT2D eigenvalue weighted by Crippen LogP contribution is -2.58. The third-order valence-electron chi connectivity index (χ3n) is 10.8. The fraction of sp³-hybridized carbons (Fsp3) is 0.600. The minimum Gasteiger partial charge on any atom is -0.459 e. The molecule has 58 heavy (non-hydrogen) atoms. The van der Waals surface area contributed by atoms with Gasteiger partial charge in [0, 0.05) is 43.4 Å². The van der Waals surface area contributed by atoms with Gasteiger partial charge in [-0.3, -0.25) is 19.0 Å². The van der Waals surface area contributed by atoms with Crippen molar-refractivity contribution in [3.05, 3.63) is 40.9 Å². The summed E-state index contributed by atoms with van der Waals surface area (Å²) in [6.07, 6.45) is 6.47. The van der Waals surface area contributed by atoms with E-state index in [1.807, 2.05) is 41.8 Å². The van der Waals surface area contributed by atoms with Crippen molar-refractivity contribution in [2.45, 2.75) is 129 Å². The lowest BCUT2D eigenvalue weighted by molar-refractivity contribution is -0.141. The zero-order valence-electron chi connectivity index (χ0n) is 34.6. The molecule has 18 heteroatoms. The predicted molar refractivity (Wildman–Crippen MR) is 220 cm³/mol. The van der Waals surface area contributed by atoms with Gasteiger partial charge in [-0.05, 0) is 78.9 Å². The van der Waals surface area contributed by atoms with Gasteiger partial charge in [0.1, 0.15) is 39.9 Å². The van der Waals surface area contributed by atoms with Crippen LogP contribution >= 0.6 is 11.3 Å². The summed E-state index contributed by atoms with van der Waals surface area (Å²) >= 11 is 1.61. The Balaban J connectivity index is 1.35. The maximum Gasteiger partial charge on any atom is 0.408 e. The van der Waals surface area contributed by atoms with E-state index in [1.54, 1.807) is 32.1 Å². The SMILES string of the molecule is CCc1nc(-c2cccc3c2nc(O[C@@H]2C[C@H]4C(=O)N[C@]5(C(=O)NS(=O)(=O)N(C)C)C[C@H]5/C=C\CCCCC[C@H](NC(=O)OC(C)(C)C)C(=O)N4C2)n3CC)sc1C. The van der Waals surface area contributed by atoms with Crippen LogP contribution < -0.4 is 20.1 Å². The van der Waals surface area contributed by atoms with Gasteiger partial charge in [-0.25, -0.2) is 14.5 Å². The molecule has 1 aliphatic carbocycles. The van der Waals surface area contributed by atoms with Crippen molar-refractivity contribution in [2.75, 3.05) is 20.6 Å². The number of nitrogens with zero attached hydrogens (tertiary/aromatic N) is 5.